The quantitative estimate of drug-likeness (QED) is 0.152. The molecule has 0 bridgehead atoms. The van der Waals surface area contributed by atoms with Gasteiger partial charge in [0.05, 0.1) is 57.5 Å². The Morgan fingerprint density at radius 3 is 2.52 bits per heavy atom. The number of carbonyl (C=O) groups is 1. The average molecular weight is 843 g/mol. The van der Waals surface area contributed by atoms with Crippen LogP contribution in [0.5, 0.6) is 0 Å². The van der Waals surface area contributed by atoms with Crippen molar-refractivity contribution in [1.82, 2.24) is 44.1 Å². The molecule has 2 fully saturated rings. The van der Waals surface area contributed by atoms with Gasteiger partial charge in [-0.15, -0.1) is 0 Å². The lowest BCUT2D eigenvalue weighted by Gasteiger charge is -2.31. The fourth-order valence-corrected chi connectivity index (χ4v) is 10.0. The Balaban J connectivity index is 1.09. The largest absolute Gasteiger partial charge is 0.381 e. The van der Waals surface area contributed by atoms with E-state index in [1.807, 2.05) is 12.1 Å². The van der Waals surface area contributed by atoms with Crippen LogP contribution < -0.4 is 16.9 Å². The zero-order valence-corrected chi connectivity index (χ0v) is 35.0. The van der Waals surface area contributed by atoms with Crippen LogP contribution in [0, 0.1) is 31.4 Å². The molecule has 1 unspecified atom stereocenters. The molecule has 3 aliphatic rings. The van der Waals surface area contributed by atoms with Crippen molar-refractivity contribution in [3.63, 3.8) is 0 Å². The lowest BCUT2D eigenvalue weighted by Crippen LogP contribution is -2.45. The van der Waals surface area contributed by atoms with Gasteiger partial charge in [0.1, 0.15) is 11.6 Å². The molecule has 1 saturated carbocycles. The maximum absolute atomic E-state index is 16.0. The highest BCUT2D eigenvalue weighted by molar-refractivity contribution is 5.99. The van der Waals surface area contributed by atoms with Crippen molar-refractivity contribution < 1.29 is 23.5 Å². The normalized spacial score (nSPS) is 19.7. The summed E-state index contributed by atoms with van der Waals surface area (Å²) in [5.41, 5.74) is 14.1. The summed E-state index contributed by atoms with van der Waals surface area (Å²) in [4.78, 5) is 36.7. The number of nitrogens with two attached hydrogens (primary N) is 1. The molecule has 1 saturated heterocycles. The van der Waals surface area contributed by atoms with E-state index in [2.05, 4.69) is 29.6 Å². The molecule has 6 heterocycles. The number of ether oxygens (including phenoxy) is 1. The fraction of sp³-hybridized carbons (Fsp3) is 0.370. The van der Waals surface area contributed by atoms with Crippen LogP contribution in [0.3, 0.4) is 0 Å². The zero-order chi connectivity index (χ0) is 43.2. The highest BCUT2D eigenvalue weighted by Crippen LogP contribution is 2.56. The van der Waals surface area contributed by atoms with Gasteiger partial charge in [-0.2, -0.15) is 10.2 Å². The van der Waals surface area contributed by atoms with Gasteiger partial charge in [0.15, 0.2) is 5.82 Å². The van der Waals surface area contributed by atoms with E-state index in [0.29, 0.717) is 89.2 Å². The van der Waals surface area contributed by atoms with Crippen LogP contribution in [0.2, 0.25) is 0 Å². The molecule has 16 heteroatoms. The van der Waals surface area contributed by atoms with E-state index in [1.165, 1.54) is 27.1 Å². The van der Waals surface area contributed by atoms with Gasteiger partial charge in [-0.1, -0.05) is 19.1 Å². The molecule has 3 atom stereocenters. The molecular formula is C46H48F2N10O4. The summed E-state index contributed by atoms with van der Waals surface area (Å²) in [6, 6.07) is 14.3. The van der Waals surface area contributed by atoms with Crippen molar-refractivity contribution in [3.05, 3.63) is 128 Å². The van der Waals surface area contributed by atoms with E-state index in [0.717, 1.165) is 23.7 Å². The number of rotatable bonds is 9. The molecule has 2 aliphatic heterocycles. The molecule has 1 amide bonds. The molecular weight excluding hydrogens is 795 g/mol. The van der Waals surface area contributed by atoms with Gasteiger partial charge in [0, 0.05) is 74.6 Å². The standard InChI is InChI=1S/C46H48F2N10O4/c1-25-17-31(18-26(2)40(25)47)58-43(57-14-13-56(45(57)60)38-8-7-37-33(41(38)48)22-50-54(37)4)34-24-55(12-9-35(34)53-58)44(59)32-19-30-6-5-29(28-10-15-62-16-11-28)20-36(30)52-42(32)46(21-27(46)3)39(49)23-51-61/h5-8,13-14,17-20,22,27-28,39,51,61H,9-12,15-16,21,23-24,49H2,1-4H3/t27-,39?,46-/m0/s1. The Bertz CT molecular complexity index is 2980. The Labute approximate surface area is 355 Å². The monoisotopic (exact) mass is 842 g/mol. The van der Waals surface area contributed by atoms with E-state index < -0.39 is 23.0 Å². The Morgan fingerprint density at radius 2 is 1.79 bits per heavy atom. The number of hydrogen-bond donors (Lipinski definition) is 3. The van der Waals surface area contributed by atoms with Gasteiger partial charge in [-0.3, -0.25) is 23.6 Å². The van der Waals surface area contributed by atoms with Crippen molar-refractivity contribution in [2.75, 3.05) is 26.3 Å². The van der Waals surface area contributed by atoms with E-state index in [-0.39, 0.29) is 41.8 Å². The minimum absolute atomic E-state index is 0.0495. The number of nitrogens with zero attached hydrogens (tertiary/aromatic N) is 8. The SMILES string of the molecule is Cc1cc(-n2nc3c(c2-n2ccn(-c4ccc5c(cnn5C)c4F)c2=O)CN(C(=O)c2cc4ccc(C5CCOCC5)cc4nc2[C@@]2(C(N)CNO)C[C@@H]2C)CC3)cc(C)c1F. The molecule has 62 heavy (non-hydrogen) atoms. The average Bonchev–Trinajstić information content (AvgIpc) is 3.50. The number of hydroxylamine groups is 1. The Kier molecular flexibility index (Phi) is 9.74. The third kappa shape index (κ3) is 6.29. The van der Waals surface area contributed by atoms with Crippen LogP contribution >= 0.6 is 0 Å². The number of hydrogen-bond acceptors (Lipinski definition) is 9. The van der Waals surface area contributed by atoms with Crippen LogP contribution in [0.1, 0.15) is 76.1 Å². The highest BCUT2D eigenvalue weighted by atomic mass is 19.1. The van der Waals surface area contributed by atoms with Gasteiger partial charge < -0.3 is 20.6 Å². The second kappa shape index (κ2) is 15.1. The van der Waals surface area contributed by atoms with Crippen LogP contribution in [-0.4, -0.2) is 82.0 Å². The number of aromatic nitrogens is 7. The lowest BCUT2D eigenvalue weighted by atomic mass is 9.85. The summed E-state index contributed by atoms with van der Waals surface area (Å²) < 4.78 is 42.5. The predicted molar refractivity (Wildman–Crippen MR) is 228 cm³/mol. The molecule has 7 aromatic rings. The Hall–Kier alpha value is -6.07. The molecule has 3 aromatic carbocycles. The van der Waals surface area contributed by atoms with Crippen LogP contribution in [0.25, 0.3) is 39.0 Å². The van der Waals surface area contributed by atoms with E-state index in [1.54, 1.807) is 65.6 Å². The molecule has 14 nitrogen and oxygen atoms in total. The van der Waals surface area contributed by atoms with Gasteiger partial charge in [-0.25, -0.2) is 23.7 Å². The smallest absolute Gasteiger partial charge is 0.338 e. The van der Waals surface area contributed by atoms with Crippen LogP contribution in [0.15, 0.2) is 71.9 Å². The molecule has 1 aliphatic carbocycles. The molecule has 0 radical (unpaired) electrons. The van der Waals surface area contributed by atoms with Crippen molar-refractivity contribution in [3.8, 4) is 17.2 Å². The maximum atomic E-state index is 16.0. The van der Waals surface area contributed by atoms with Crippen molar-refractivity contribution in [2.45, 2.75) is 70.4 Å². The number of aryl methyl sites for hydroxylation is 3. The van der Waals surface area contributed by atoms with E-state index >= 15 is 13.6 Å². The number of benzene rings is 3. The molecule has 4 aromatic heterocycles. The first kappa shape index (κ1) is 40.0. The predicted octanol–water partition coefficient (Wildman–Crippen LogP) is 5.82. The number of imidazole rings is 1. The topological polar surface area (TPSA) is 163 Å². The molecule has 10 rings (SSSR count). The lowest BCUT2D eigenvalue weighted by molar-refractivity contribution is 0.0731. The summed E-state index contributed by atoms with van der Waals surface area (Å²) in [5.74, 6) is -0.380. The molecule has 0 spiro atoms. The minimum Gasteiger partial charge on any atom is -0.381 e. The second-order valence-electron chi connectivity index (χ2n) is 17.3. The summed E-state index contributed by atoms with van der Waals surface area (Å²) in [6.07, 6.45) is 7.39. The maximum Gasteiger partial charge on any atom is 0.338 e. The van der Waals surface area contributed by atoms with Gasteiger partial charge in [0.2, 0.25) is 0 Å². The number of nitrogens with one attached hydrogen (secondary N) is 1. The van der Waals surface area contributed by atoms with Gasteiger partial charge in [0.25, 0.3) is 5.91 Å². The number of pyridine rings is 1. The summed E-state index contributed by atoms with van der Waals surface area (Å²) in [7, 11) is 1.72. The number of carbonyl (C=O) groups excluding carboxylic acids is 1. The van der Waals surface area contributed by atoms with Crippen LogP contribution in [-0.2, 0) is 30.2 Å². The van der Waals surface area contributed by atoms with E-state index in [9.17, 15) is 10.0 Å². The van der Waals surface area contributed by atoms with Crippen LogP contribution in [0.4, 0.5) is 8.78 Å². The van der Waals surface area contributed by atoms with Crippen molar-refractivity contribution in [1.29, 1.82) is 0 Å². The van der Waals surface area contributed by atoms with E-state index in [4.69, 9.17) is 20.6 Å². The zero-order valence-electron chi connectivity index (χ0n) is 35.0. The minimum atomic E-state index is -0.663. The first-order valence-corrected chi connectivity index (χ1v) is 21.1. The fourth-order valence-electron chi connectivity index (χ4n) is 10.0. The summed E-state index contributed by atoms with van der Waals surface area (Å²) >= 11 is 0. The van der Waals surface area contributed by atoms with Crippen molar-refractivity contribution >= 4 is 27.7 Å². The highest BCUT2D eigenvalue weighted by Gasteiger charge is 2.59. The second-order valence-corrected chi connectivity index (χ2v) is 17.3. The Morgan fingerprint density at radius 1 is 1.05 bits per heavy atom. The van der Waals surface area contributed by atoms with Crippen molar-refractivity contribution in [2.24, 2.45) is 18.7 Å². The first-order chi connectivity index (χ1) is 29.9. The molecule has 4 N–H and O–H groups in total. The third-order valence-electron chi connectivity index (χ3n) is 13.6. The first-order valence-electron chi connectivity index (χ1n) is 21.1. The summed E-state index contributed by atoms with van der Waals surface area (Å²) in [6.45, 7) is 7.38. The number of fused-ring (bicyclic) bond motifs is 3. The summed E-state index contributed by atoms with van der Waals surface area (Å²) in [5, 5.41) is 20.1. The number of halogens is 2. The molecule has 320 valence electrons. The van der Waals surface area contributed by atoms with Gasteiger partial charge in [-0.05, 0) is 98.0 Å². The van der Waals surface area contributed by atoms with Gasteiger partial charge >= 0.3 is 5.69 Å². The third-order valence-corrected chi connectivity index (χ3v) is 13.6. The number of amides is 1.